The van der Waals surface area contributed by atoms with Crippen molar-refractivity contribution < 1.29 is 4.74 Å². The van der Waals surface area contributed by atoms with Crippen LogP contribution in [0.5, 0.6) is 0 Å². The second kappa shape index (κ2) is 9.42. The number of likely N-dealkylation sites (N-methyl/N-ethyl adjacent to an activating group) is 1. The monoisotopic (exact) mass is 230 g/mol. The average molecular weight is 230 g/mol. The molecule has 16 heavy (non-hydrogen) atoms. The number of methoxy groups -OCH3 is 1. The summed E-state index contributed by atoms with van der Waals surface area (Å²) in [6.07, 6.45) is 1.08. The first-order chi connectivity index (χ1) is 7.61. The number of nitrogens with one attached hydrogen (secondary N) is 1. The van der Waals surface area contributed by atoms with Gasteiger partial charge in [-0.05, 0) is 13.5 Å². The van der Waals surface area contributed by atoms with Gasteiger partial charge in [-0.3, -0.25) is 4.99 Å². The lowest BCUT2D eigenvalue weighted by atomic mass is 10.4. The van der Waals surface area contributed by atoms with Gasteiger partial charge in [-0.2, -0.15) is 0 Å². The first-order valence-corrected chi connectivity index (χ1v) is 5.67. The molecule has 0 spiro atoms. The number of rotatable bonds is 7. The maximum absolute atomic E-state index is 5.02. The molecule has 0 aromatic heterocycles. The third-order valence-corrected chi connectivity index (χ3v) is 2.30. The third-order valence-electron chi connectivity index (χ3n) is 2.30. The fraction of sp³-hybridized carbons (Fsp3) is 0.909. The van der Waals surface area contributed by atoms with Crippen molar-refractivity contribution in [3.8, 4) is 0 Å². The van der Waals surface area contributed by atoms with E-state index in [0.29, 0.717) is 0 Å². The molecule has 1 N–H and O–H groups in total. The lowest BCUT2D eigenvalue weighted by Crippen LogP contribution is -2.40. The SMILES string of the molecule is CN=C(NCCN(C)CCCOC)N(C)C. The van der Waals surface area contributed by atoms with Gasteiger partial charge in [0.25, 0.3) is 0 Å². The Balaban J connectivity index is 3.56. The minimum atomic E-state index is 0.830. The van der Waals surface area contributed by atoms with Crippen molar-refractivity contribution in [2.45, 2.75) is 6.42 Å². The normalized spacial score (nSPS) is 12.0. The molecule has 0 aromatic carbocycles. The zero-order valence-electron chi connectivity index (χ0n) is 11.3. The molecule has 0 amide bonds. The molecule has 0 aliphatic heterocycles. The van der Waals surface area contributed by atoms with Crippen LogP contribution in [0.25, 0.3) is 0 Å². The highest BCUT2D eigenvalue weighted by molar-refractivity contribution is 5.79. The van der Waals surface area contributed by atoms with E-state index in [9.17, 15) is 0 Å². The quantitative estimate of drug-likeness (QED) is 0.382. The van der Waals surface area contributed by atoms with E-state index in [1.165, 1.54) is 0 Å². The Morgan fingerprint density at radius 1 is 1.25 bits per heavy atom. The summed E-state index contributed by atoms with van der Waals surface area (Å²) < 4.78 is 5.02. The van der Waals surface area contributed by atoms with Crippen LogP contribution >= 0.6 is 0 Å². The molecule has 0 aliphatic carbocycles. The predicted octanol–water partition coefficient (Wildman–Crippen LogP) is 0.0917. The Morgan fingerprint density at radius 2 is 1.94 bits per heavy atom. The summed E-state index contributed by atoms with van der Waals surface area (Å²) in [7, 11) is 9.62. The molecule has 0 radical (unpaired) electrons. The highest BCUT2D eigenvalue weighted by Gasteiger charge is 2.01. The Kier molecular flexibility index (Phi) is 8.94. The van der Waals surface area contributed by atoms with Crippen LogP contribution in [-0.4, -0.2) is 77.3 Å². The summed E-state index contributed by atoms with van der Waals surface area (Å²) in [4.78, 5) is 8.42. The van der Waals surface area contributed by atoms with Crippen molar-refractivity contribution in [2.24, 2.45) is 4.99 Å². The molecular formula is C11H26N4O. The summed E-state index contributed by atoms with van der Waals surface area (Å²) in [5, 5.41) is 3.29. The van der Waals surface area contributed by atoms with Gasteiger partial charge in [-0.25, -0.2) is 0 Å². The van der Waals surface area contributed by atoms with Crippen LogP contribution in [0.15, 0.2) is 4.99 Å². The van der Waals surface area contributed by atoms with Crippen LogP contribution in [-0.2, 0) is 4.74 Å². The Bertz CT molecular complexity index is 194. The van der Waals surface area contributed by atoms with E-state index >= 15 is 0 Å². The minimum absolute atomic E-state index is 0.830. The van der Waals surface area contributed by atoms with E-state index in [4.69, 9.17) is 4.74 Å². The van der Waals surface area contributed by atoms with Crippen molar-refractivity contribution in [2.75, 3.05) is 61.5 Å². The molecule has 0 fully saturated rings. The van der Waals surface area contributed by atoms with Gasteiger partial charge in [-0.15, -0.1) is 0 Å². The summed E-state index contributed by atoms with van der Waals surface area (Å²) in [5.41, 5.74) is 0. The zero-order valence-corrected chi connectivity index (χ0v) is 11.3. The van der Waals surface area contributed by atoms with Crippen LogP contribution in [0.3, 0.4) is 0 Å². The number of guanidine groups is 1. The topological polar surface area (TPSA) is 40.1 Å². The molecule has 0 aliphatic rings. The van der Waals surface area contributed by atoms with Crippen molar-refractivity contribution in [1.82, 2.24) is 15.1 Å². The first kappa shape index (κ1) is 15.2. The Morgan fingerprint density at radius 3 is 2.44 bits per heavy atom. The van der Waals surface area contributed by atoms with Gasteiger partial charge in [0.05, 0.1) is 0 Å². The third kappa shape index (κ3) is 7.48. The number of ether oxygens (including phenoxy) is 1. The van der Waals surface area contributed by atoms with Crippen LogP contribution < -0.4 is 5.32 Å². The van der Waals surface area contributed by atoms with Crippen molar-refractivity contribution in [1.29, 1.82) is 0 Å². The van der Waals surface area contributed by atoms with Gasteiger partial charge in [-0.1, -0.05) is 0 Å². The smallest absolute Gasteiger partial charge is 0.193 e. The van der Waals surface area contributed by atoms with Gasteiger partial charge in [0, 0.05) is 54.5 Å². The lowest BCUT2D eigenvalue weighted by Gasteiger charge is -2.20. The van der Waals surface area contributed by atoms with Crippen LogP contribution in [0, 0.1) is 0 Å². The maximum Gasteiger partial charge on any atom is 0.193 e. The van der Waals surface area contributed by atoms with Crippen molar-refractivity contribution >= 4 is 5.96 Å². The van der Waals surface area contributed by atoms with Gasteiger partial charge in [0.2, 0.25) is 0 Å². The van der Waals surface area contributed by atoms with Gasteiger partial charge < -0.3 is 19.9 Å². The summed E-state index contributed by atoms with van der Waals surface area (Å²) in [6.45, 7) is 3.82. The fourth-order valence-corrected chi connectivity index (χ4v) is 1.39. The molecule has 0 rings (SSSR count). The van der Waals surface area contributed by atoms with E-state index in [0.717, 1.165) is 38.6 Å². The highest BCUT2D eigenvalue weighted by Crippen LogP contribution is 1.87. The summed E-state index contributed by atoms with van der Waals surface area (Å²) in [6, 6.07) is 0. The second-order valence-electron chi connectivity index (χ2n) is 4.02. The van der Waals surface area contributed by atoms with Gasteiger partial charge >= 0.3 is 0 Å². The van der Waals surface area contributed by atoms with E-state index < -0.39 is 0 Å². The number of aliphatic imine (C=N–C) groups is 1. The lowest BCUT2D eigenvalue weighted by molar-refractivity contribution is 0.180. The highest BCUT2D eigenvalue weighted by atomic mass is 16.5. The molecule has 0 saturated heterocycles. The molecular weight excluding hydrogens is 204 g/mol. The summed E-state index contributed by atoms with van der Waals surface area (Å²) >= 11 is 0. The molecule has 0 heterocycles. The van der Waals surface area contributed by atoms with E-state index in [1.807, 2.05) is 19.0 Å². The molecule has 0 atom stereocenters. The fourth-order valence-electron chi connectivity index (χ4n) is 1.39. The molecule has 0 aromatic rings. The molecule has 0 bridgehead atoms. The van der Waals surface area contributed by atoms with Crippen LogP contribution in [0.1, 0.15) is 6.42 Å². The van der Waals surface area contributed by atoms with Crippen LogP contribution in [0.4, 0.5) is 0 Å². The largest absolute Gasteiger partial charge is 0.385 e. The van der Waals surface area contributed by atoms with Crippen LogP contribution in [0.2, 0.25) is 0 Å². The molecule has 5 heteroatoms. The second-order valence-corrected chi connectivity index (χ2v) is 4.02. The van der Waals surface area contributed by atoms with E-state index in [1.54, 1.807) is 14.2 Å². The molecule has 0 saturated carbocycles. The predicted molar refractivity (Wildman–Crippen MR) is 69.0 cm³/mol. The Labute approximate surface area is 99.5 Å². The Hall–Kier alpha value is -0.810. The van der Waals surface area contributed by atoms with Gasteiger partial charge in [0.15, 0.2) is 5.96 Å². The average Bonchev–Trinajstić information content (AvgIpc) is 2.24. The summed E-state index contributed by atoms with van der Waals surface area (Å²) in [5.74, 6) is 0.922. The minimum Gasteiger partial charge on any atom is -0.385 e. The standard InChI is InChI=1S/C11H26N4O/c1-12-11(14(2)3)13-7-9-15(4)8-6-10-16-5/h6-10H2,1-5H3,(H,12,13). The molecule has 0 unspecified atom stereocenters. The van der Waals surface area contributed by atoms with Gasteiger partial charge in [0.1, 0.15) is 0 Å². The van der Waals surface area contributed by atoms with Crippen molar-refractivity contribution in [3.05, 3.63) is 0 Å². The number of nitrogens with zero attached hydrogens (tertiary/aromatic N) is 3. The maximum atomic E-state index is 5.02. The first-order valence-electron chi connectivity index (χ1n) is 5.67. The number of hydrogen-bond acceptors (Lipinski definition) is 3. The molecule has 96 valence electrons. The zero-order chi connectivity index (χ0) is 12.4. The van der Waals surface area contributed by atoms with Crippen molar-refractivity contribution in [3.63, 3.8) is 0 Å². The van der Waals surface area contributed by atoms with E-state index in [-0.39, 0.29) is 0 Å². The van der Waals surface area contributed by atoms with E-state index in [2.05, 4.69) is 22.3 Å². The molecule has 5 nitrogen and oxygen atoms in total. The number of hydrogen-bond donors (Lipinski definition) is 1.